The van der Waals surface area contributed by atoms with E-state index < -0.39 is 5.97 Å². The predicted octanol–water partition coefficient (Wildman–Crippen LogP) is 2.91. The van der Waals surface area contributed by atoms with Crippen molar-refractivity contribution in [1.82, 2.24) is 4.90 Å². The zero-order chi connectivity index (χ0) is 18.6. The van der Waals surface area contributed by atoms with E-state index in [1.165, 1.54) is 11.0 Å². The molecule has 0 fully saturated rings. The monoisotopic (exact) mass is 344 g/mol. The SMILES string of the molecule is CCC(=O)Nc1cccc(C(=O)N(C)Cc2cc(C(=O)O)c(C)o2)c1. The number of furan rings is 1. The minimum Gasteiger partial charge on any atom is -0.478 e. The molecule has 0 unspecified atom stereocenters. The summed E-state index contributed by atoms with van der Waals surface area (Å²) in [7, 11) is 1.60. The van der Waals surface area contributed by atoms with Gasteiger partial charge in [0.1, 0.15) is 17.1 Å². The summed E-state index contributed by atoms with van der Waals surface area (Å²) in [6.07, 6.45) is 0.349. The number of aryl methyl sites for hydroxylation is 1. The molecule has 0 aliphatic carbocycles. The lowest BCUT2D eigenvalue weighted by molar-refractivity contribution is -0.115. The van der Waals surface area contributed by atoms with E-state index in [4.69, 9.17) is 9.52 Å². The molecule has 0 spiro atoms. The lowest BCUT2D eigenvalue weighted by Crippen LogP contribution is -2.26. The Kier molecular flexibility index (Phi) is 5.59. The van der Waals surface area contributed by atoms with Gasteiger partial charge in [0.05, 0.1) is 6.54 Å². The van der Waals surface area contributed by atoms with Crippen LogP contribution in [0.4, 0.5) is 5.69 Å². The van der Waals surface area contributed by atoms with Crippen LogP contribution >= 0.6 is 0 Å². The molecule has 7 heteroatoms. The van der Waals surface area contributed by atoms with Crippen molar-refractivity contribution in [2.75, 3.05) is 12.4 Å². The molecule has 7 nitrogen and oxygen atoms in total. The number of carboxylic acids is 1. The zero-order valence-corrected chi connectivity index (χ0v) is 14.3. The number of benzene rings is 1. The Labute approximate surface area is 145 Å². The van der Waals surface area contributed by atoms with Crippen molar-refractivity contribution in [3.8, 4) is 0 Å². The molecular formula is C18H20N2O5. The first-order chi connectivity index (χ1) is 11.8. The Morgan fingerprint density at radius 2 is 1.96 bits per heavy atom. The van der Waals surface area contributed by atoms with Crippen LogP contribution in [0.15, 0.2) is 34.7 Å². The van der Waals surface area contributed by atoms with Crippen LogP contribution in [0.25, 0.3) is 0 Å². The highest BCUT2D eigenvalue weighted by Crippen LogP contribution is 2.18. The van der Waals surface area contributed by atoms with Crippen LogP contribution < -0.4 is 5.32 Å². The van der Waals surface area contributed by atoms with Gasteiger partial charge in [0.15, 0.2) is 0 Å². The van der Waals surface area contributed by atoms with Gasteiger partial charge in [-0.3, -0.25) is 9.59 Å². The molecule has 0 saturated heterocycles. The van der Waals surface area contributed by atoms with Crippen LogP contribution in [0.1, 0.15) is 45.6 Å². The third-order valence-corrected chi connectivity index (χ3v) is 3.65. The average Bonchev–Trinajstić information content (AvgIpc) is 2.94. The van der Waals surface area contributed by atoms with Crippen LogP contribution in [0, 0.1) is 6.92 Å². The van der Waals surface area contributed by atoms with Gasteiger partial charge < -0.3 is 19.7 Å². The summed E-state index contributed by atoms with van der Waals surface area (Å²) < 4.78 is 5.39. The van der Waals surface area contributed by atoms with E-state index in [2.05, 4.69) is 5.32 Å². The van der Waals surface area contributed by atoms with Crippen LogP contribution in [-0.2, 0) is 11.3 Å². The minimum atomic E-state index is -1.07. The van der Waals surface area contributed by atoms with Crippen LogP contribution in [0.5, 0.6) is 0 Å². The van der Waals surface area contributed by atoms with Gasteiger partial charge >= 0.3 is 5.97 Å². The molecule has 0 atom stereocenters. The van der Waals surface area contributed by atoms with Crippen LogP contribution in [0.3, 0.4) is 0 Å². The van der Waals surface area contributed by atoms with Gasteiger partial charge in [0.2, 0.25) is 5.91 Å². The topological polar surface area (TPSA) is 99.9 Å². The molecule has 1 aromatic carbocycles. The number of aromatic carboxylic acids is 1. The highest BCUT2D eigenvalue weighted by atomic mass is 16.4. The van der Waals surface area contributed by atoms with Gasteiger partial charge in [0.25, 0.3) is 5.91 Å². The van der Waals surface area contributed by atoms with Crippen molar-refractivity contribution in [3.05, 3.63) is 53.0 Å². The molecule has 0 aliphatic heterocycles. The van der Waals surface area contributed by atoms with E-state index in [1.807, 2.05) is 0 Å². The maximum atomic E-state index is 12.5. The standard InChI is InChI=1S/C18H20N2O5/c1-4-16(21)19-13-7-5-6-12(8-13)17(22)20(3)10-14-9-15(18(23)24)11(2)25-14/h5-9H,4,10H2,1-3H3,(H,19,21)(H,23,24). The zero-order valence-electron chi connectivity index (χ0n) is 14.3. The number of carboxylic acid groups (broad SMARTS) is 1. The molecular weight excluding hydrogens is 324 g/mol. The van der Waals surface area contributed by atoms with Gasteiger partial charge in [-0.15, -0.1) is 0 Å². The smallest absolute Gasteiger partial charge is 0.339 e. The number of carbonyl (C=O) groups is 3. The first-order valence-electron chi connectivity index (χ1n) is 7.79. The quantitative estimate of drug-likeness (QED) is 0.839. The number of carbonyl (C=O) groups excluding carboxylic acids is 2. The van der Waals surface area contributed by atoms with Crippen molar-refractivity contribution >= 4 is 23.5 Å². The van der Waals surface area contributed by atoms with Gasteiger partial charge in [-0.05, 0) is 31.2 Å². The second-order valence-electron chi connectivity index (χ2n) is 5.63. The molecule has 2 amide bonds. The molecule has 25 heavy (non-hydrogen) atoms. The summed E-state index contributed by atoms with van der Waals surface area (Å²) >= 11 is 0. The molecule has 2 N–H and O–H groups in total. The summed E-state index contributed by atoms with van der Waals surface area (Å²) in [5.41, 5.74) is 1.05. The molecule has 2 aromatic rings. The van der Waals surface area contributed by atoms with E-state index in [0.29, 0.717) is 29.2 Å². The summed E-state index contributed by atoms with van der Waals surface area (Å²) in [6, 6.07) is 8.06. The number of anilines is 1. The molecule has 2 rings (SSSR count). The first kappa shape index (κ1) is 18.3. The molecule has 0 radical (unpaired) electrons. The van der Waals surface area contributed by atoms with Crippen LogP contribution in [0.2, 0.25) is 0 Å². The second-order valence-corrected chi connectivity index (χ2v) is 5.63. The molecule has 132 valence electrons. The maximum absolute atomic E-state index is 12.5. The fraction of sp³-hybridized carbons (Fsp3) is 0.278. The van der Waals surface area contributed by atoms with E-state index in [1.54, 1.807) is 45.2 Å². The van der Waals surface area contributed by atoms with E-state index in [9.17, 15) is 14.4 Å². The maximum Gasteiger partial charge on any atom is 0.339 e. The number of hydrogen-bond donors (Lipinski definition) is 2. The minimum absolute atomic E-state index is 0.0834. The number of rotatable bonds is 6. The number of hydrogen-bond acceptors (Lipinski definition) is 4. The Hall–Kier alpha value is -3.09. The Morgan fingerprint density at radius 1 is 1.24 bits per heavy atom. The third kappa shape index (κ3) is 4.47. The molecule has 0 bridgehead atoms. The predicted molar refractivity (Wildman–Crippen MR) is 91.6 cm³/mol. The van der Waals surface area contributed by atoms with Crippen LogP contribution in [-0.4, -0.2) is 34.8 Å². The molecule has 1 heterocycles. The molecule has 0 saturated carbocycles. The lowest BCUT2D eigenvalue weighted by Gasteiger charge is -2.16. The summed E-state index contributed by atoms with van der Waals surface area (Å²) in [4.78, 5) is 36.5. The fourth-order valence-corrected chi connectivity index (χ4v) is 2.34. The van der Waals surface area contributed by atoms with Crippen molar-refractivity contribution < 1.29 is 23.9 Å². The number of nitrogens with one attached hydrogen (secondary N) is 1. The fourth-order valence-electron chi connectivity index (χ4n) is 2.34. The normalized spacial score (nSPS) is 10.4. The number of amides is 2. The Balaban J connectivity index is 2.12. The van der Waals surface area contributed by atoms with Gasteiger partial charge in [0, 0.05) is 24.7 Å². The van der Waals surface area contributed by atoms with Crippen molar-refractivity contribution in [2.24, 2.45) is 0 Å². The summed E-state index contributed by atoms with van der Waals surface area (Å²) in [6.45, 7) is 3.45. The van der Waals surface area contributed by atoms with Crippen molar-refractivity contribution in [1.29, 1.82) is 0 Å². The summed E-state index contributed by atoms with van der Waals surface area (Å²) in [5, 5.41) is 11.8. The van der Waals surface area contributed by atoms with Gasteiger partial charge in [-0.25, -0.2) is 4.79 Å². The Bertz CT molecular complexity index is 810. The first-order valence-corrected chi connectivity index (χ1v) is 7.79. The second kappa shape index (κ2) is 7.65. The van der Waals surface area contributed by atoms with E-state index in [0.717, 1.165) is 0 Å². The lowest BCUT2D eigenvalue weighted by atomic mass is 10.1. The van der Waals surface area contributed by atoms with Gasteiger partial charge in [-0.1, -0.05) is 13.0 Å². The highest BCUT2D eigenvalue weighted by Gasteiger charge is 2.18. The van der Waals surface area contributed by atoms with E-state index >= 15 is 0 Å². The van der Waals surface area contributed by atoms with E-state index in [-0.39, 0.29) is 23.9 Å². The average molecular weight is 344 g/mol. The number of nitrogens with zero attached hydrogens (tertiary/aromatic N) is 1. The van der Waals surface area contributed by atoms with Gasteiger partial charge in [-0.2, -0.15) is 0 Å². The molecule has 0 aliphatic rings. The largest absolute Gasteiger partial charge is 0.478 e. The molecule has 1 aromatic heterocycles. The van der Waals surface area contributed by atoms with Crippen molar-refractivity contribution in [2.45, 2.75) is 26.8 Å². The third-order valence-electron chi connectivity index (χ3n) is 3.65. The summed E-state index contributed by atoms with van der Waals surface area (Å²) in [5.74, 6) is -0.779. The highest BCUT2D eigenvalue weighted by molar-refractivity contribution is 5.97. The Morgan fingerprint density at radius 3 is 2.56 bits per heavy atom. The van der Waals surface area contributed by atoms with Crippen molar-refractivity contribution in [3.63, 3.8) is 0 Å².